The van der Waals surface area contributed by atoms with Gasteiger partial charge in [-0.05, 0) is 31.9 Å². The number of nitrogens with two attached hydrogens (primary N) is 1. The van der Waals surface area contributed by atoms with Gasteiger partial charge in [0.2, 0.25) is 5.91 Å². The summed E-state index contributed by atoms with van der Waals surface area (Å²) in [4.78, 5) is 12.7. The maximum atomic E-state index is 12.7. The van der Waals surface area contributed by atoms with Gasteiger partial charge in [-0.15, -0.1) is 0 Å². The van der Waals surface area contributed by atoms with Crippen molar-refractivity contribution in [3.05, 3.63) is 35.4 Å². The van der Waals surface area contributed by atoms with Gasteiger partial charge in [0.25, 0.3) is 0 Å². The molecule has 4 heteroatoms. The summed E-state index contributed by atoms with van der Waals surface area (Å²) in [6, 6.07) is 8.02. The Morgan fingerprint density at radius 3 is 2.64 bits per heavy atom. The molecule has 0 radical (unpaired) electrons. The SMILES string of the molecule is CCOC1CC(N)(C(=O)NC(C)c2ccccc2C)C1(C)C. The molecule has 0 saturated heterocycles. The molecule has 0 bridgehead atoms. The minimum Gasteiger partial charge on any atom is -0.378 e. The normalized spacial score (nSPS) is 27.8. The van der Waals surface area contributed by atoms with Crippen LogP contribution in [0.1, 0.15) is 51.3 Å². The van der Waals surface area contributed by atoms with Crippen molar-refractivity contribution in [1.82, 2.24) is 5.32 Å². The molecule has 2 rings (SSSR count). The zero-order valence-corrected chi connectivity index (χ0v) is 14.3. The van der Waals surface area contributed by atoms with Crippen LogP contribution in [0.2, 0.25) is 0 Å². The summed E-state index contributed by atoms with van der Waals surface area (Å²) in [5.41, 5.74) is 7.47. The van der Waals surface area contributed by atoms with Crippen LogP contribution in [-0.2, 0) is 9.53 Å². The van der Waals surface area contributed by atoms with E-state index in [4.69, 9.17) is 10.5 Å². The number of amides is 1. The average Bonchev–Trinajstić information content (AvgIpc) is 2.47. The largest absolute Gasteiger partial charge is 0.378 e. The number of carbonyl (C=O) groups is 1. The van der Waals surface area contributed by atoms with Crippen LogP contribution >= 0.6 is 0 Å². The van der Waals surface area contributed by atoms with Gasteiger partial charge >= 0.3 is 0 Å². The molecule has 0 aromatic heterocycles. The van der Waals surface area contributed by atoms with Crippen molar-refractivity contribution in [2.24, 2.45) is 11.1 Å². The lowest BCUT2D eigenvalue weighted by Gasteiger charge is -2.57. The molecule has 1 aliphatic rings. The van der Waals surface area contributed by atoms with Crippen molar-refractivity contribution >= 4 is 5.91 Å². The summed E-state index contributed by atoms with van der Waals surface area (Å²) in [6.07, 6.45) is 0.613. The van der Waals surface area contributed by atoms with E-state index < -0.39 is 5.54 Å². The molecule has 0 aliphatic heterocycles. The molecule has 3 atom stereocenters. The monoisotopic (exact) mass is 304 g/mol. The molecule has 1 fully saturated rings. The quantitative estimate of drug-likeness (QED) is 0.879. The van der Waals surface area contributed by atoms with Crippen LogP contribution in [0.25, 0.3) is 0 Å². The molecule has 1 amide bonds. The summed E-state index contributed by atoms with van der Waals surface area (Å²) in [5.74, 6) is -0.0933. The Morgan fingerprint density at radius 1 is 1.45 bits per heavy atom. The molecule has 1 saturated carbocycles. The summed E-state index contributed by atoms with van der Waals surface area (Å²) < 4.78 is 5.69. The number of nitrogens with one attached hydrogen (secondary N) is 1. The summed E-state index contributed by atoms with van der Waals surface area (Å²) in [5, 5.41) is 3.08. The highest BCUT2D eigenvalue weighted by Crippen LogP contribution is 2.50. The van der Waals surface area contributed by atoms with Gasteiger partial charge < -0.3 is 15.8 Å². The first-order valence-corrected chi connectivity index (χ1v) is 8.01. The second-order valence-corrected chi connectivity index (χ2v) is 6.89. The summed E-state index contributed by atoms with van der Waals surface area (Å²) in [6.45, 7) is 10.7. The highest BCUT2D eigenvalue weighted by molar-refractivity contribution is 5.89. The van der Waals surface area contributed by atoms with E-state index in [0.717, 1.165) is 5.56 Å². The first kappa shape index (κ1) is 17.0. The minimum absolute atomic E-state index is 0.0435. The lowest BCUT2D eigenvalue weighted by Crippen LogP contribution is -2.75. The van der Waals surface area contributed by atoms with Crippen LogP contribution in [0.4, 0.5) is 0 Å². The Kier molecular flexibility index (Phi) is 4.64. The second kappa shape index (κ2) is 6.01. The van der Waals surface area contributed by atoms with Crippen LogP contribution in [0, 0.1) is 12.3 Å². The van der Waals surface area contributed by atoms with Gasteiger partial charge in [-0.2, -0.15) is 0 Å². The third-order valence-corrected chi connectivity index (χ3v) is 5.24. The number of hydrogen-bond donors (Lipinski definition) is 2. The van der Waals surface area contributed by atoms with Gasteiger partial charge in [0.15, 0.2) is 0 Å². The molecule has 1 aromatic rings. The molecule has 0 heterocycles. The number of rotatable bonds is 5. The second-order valence-electron chi connectivity index (χ2n) is 6.89. The van der Waals surface area contributed by atoms with E-state index in [1.165, 1.54) is 5.56 Å². The van der Waals surface area contributed by atoms with E-state index in [-0.39, 0.29) is 23.5 Å². The van der Waals surface area contributed by atoms with E-state index in [2.05, 4.69) is 18.3 Å². The van der Waals surface area contributed by atoms with Gasteiger partial charge in [0.05, 0.1) is 12.1 Å². The maximum absolute atomic E-state index is 12.7. The van der Waals surface area contributed by atoms with E-state index in [1.807, 2.05) is 45.9 Å². The molecule has 122 valence electrons. The Balaban J connectivity index is 2.08. The van der Waals surface area contributed by atoms with Gasteiger partial charge in [-0.3, -0.25) is 4.79 Å². The fraction of sp³-hybridized carbons (Fsp3) is 0.611. The Bertz CT molecular complexity index is 556. The zero-order chi connectivity index (χ0) is 16.5. The number of ether oxygens (including phenoxy) is 1. The number of aryl methyl sites for hydroxylation is 1. The fourth-order valence-corrected chi connectivity index (χ4v) is 3.30. The molecule has 1 aromatic carbocycles. The Morgan fingerprint density at radius 2 is 2.09 bits per heavy atom. The van der Waals surface area contributed by atoms with Crippen molar-refractivity contribution in [3.8, 4) is 0 Å². The predicted molar refractivity (Wildman–Crippen MR) is 88.5 cm³/mol. The third-order valence-electron chi connectivity index (χ3n) is 5.24. The summed E-state index contributed by atoms with van der Waals surface area (Å²) in [7, 11) is 0. The lowest BCUT2D eigenvalue weighted by atomic mass is 9.54. The standard InChI is InChI=1S/C18H28N2O2/c1-6-22-15-11-18(19,17(15,4)5)16(21)20-13(3)14-10-8-7-9-12(14)2/h7-10,13,15H,6,11,19H2,1-5H3,(H,20,21). The number of benzene rings is 1. The highest BCUT2D eigenvalue weighted by atomic mass is 16.5. The topological polar surface area (TPSA) is 64.3 Å². The van der Waals surface area contributed by atoms with Gasteiger partial charge in [0.1, 0.15) is 5.54 Å². The van der Waals surface area contributed by atoms with Crippen molar-refractivity contribution in [2.45, 2.75) is 58.7 Å². The predicted octanol–water partition coefficient (Wildman–Crippen LogP) is 2.70. The van der Waals surface area contributed by atoms with E-state index in [9.17, 15) is 4.79 Å². The zero-order valence-electron chi connectivity index (χ0n) is 14.3. The first-order valence-electron chi connectivity index (χ1n) is 8.01. The van der Waals surface area contributed by atoms with E-state index >= 15 is 0 Å². The molecular weight excluding hydrogens is 276 g/mol. The Labute approximate surface area is 133 Å². The molecule has 3 N–H and O–H groups in total. The molecule has 3 unspecified atom stereocenters. The van der Waals surface area contributed by atoms with Crippen molar-refractivity contribution in [3.63, 3.8) is 0 Å². The van der Waals surface area contributed by atoms with Crippen molar-refractivity contribution in [1.29, 1.82) is 0 Å². The van der Waals surface area contributed by atoms with Crippen LogP contribution in [-0.4, -0.2) is 24.2 Å². The van der Waals surface area contributed by atoms with Crippen LogP contribution in [0.5, 0.6) is 0 Å². The third kappa shape index (κ3) is 2.66. The Hall–Kier alpha value is -1.39. The summed E-state index contributed by atoms with van der Waals surface area (Å²) >= 11 is 0. The minimum atomic E-state index is -0.871. The smallest absolute Gasteiger partial charge is 0.241 e. The van der Waals surface area contributed by atoms with Gasteiger partial charge in [0, 0.05) is 18.4 Å². The fourth-order valence-electron chi connectivity index (χ4n) is 3.30. The average molecular weight is 304 g/mol. The van der Waals surface area contributed by atoms with Crippen LogP contribution in [0.15, 0.2) is 24.3 Å². The first-order chi connectivity index (χ1) is 10.2. The highest BCUT2D eigenvalue weighted by Gasteiger charge is 2.62. The molecular formula is C18H28N2O2. The number of carbonyl (C=O) groups excluding carboxylic acids is 1. The molecule has 22 heavy (non-hydrogen) atoms. The van der Waals surface area contributed by atoms with Crippen molar-refractivity contribution < 1.29 is 9.53 Å². The van der Waals surface area contributed by atoms with E-state index in [1.54, 1.807) is 0 Å². The molecule has 0 spiro atoms. The lowest BCUT2D eigenvalue weighted by molar-refractivity contribution is -0.171. The molecule has 1 aliphatic carbocycles. The van der Waals surface area contributed by atoms with E-state index in [0.29, 0.717) is 13.0 Å². The van der Waals surface area contributed by atoms with Gasteiger partial charge in [-0.25, -0.2) is 0 Å². The van der Waals surface area contributed by atoms with Crippen LogP contribution in [0.3, 0.4) is 0 Å². The molecule has 4 nitrogen and oxygen atoms in total. The van der Waals surface area contributed by atoms with Crippen molar-refractivity contribution in [2.75, 3.05) is 6.61 Å². The van der Waals surface area contributed by atoms with Gasteiger partial charge in [-0.1, -0.05) is 38.1 Å². The number of hydrogen-bond acceptors (Lipinski definition) is 3. The maximum Gasteiger partial charge on any atom is 0.241 e. The van der Waals surface area contributed by atoms with Crippen LogP contribution < -0.4 is 11.1 Å².